The number of para-hydroxylation sites is 2. The summed E-state index contributed by atoms with van der Waals surface area (Å²) in [6, 6.07) is 28.1. The van der Waals surface area contributed by atoms with Gasteiger partial charge < -0.3 is 14.8 Å². The molecule has 2 aliphatic rings. The second-order valence-electron chi connectivity index (χ2n) is 11.3. The molecule has 3 heterocycles. The molecule has 0 unspecified atom stereocenters. The maximum Gasteiger partial charge on any atom is 0.223 e. The van der Waals surface area contributed by atoms with E-state index in [2.05, 4.69) is 105 Å². The summed E-state index contributed by atoms with van der Waals surface area (Å²) in [5.41, 5.74) is 6.09. The second-order valence-corrected chi connectivity index (χ2v) is 11.3. The van der Waals surface area contributed by atoms with Gasteiger partial charge in [0.15, 0.2) is 0 Å². The fraction of sp³-hybridized carbons (Fsp3) is 0.394. The lowest BCUT2D eigenvalue weighted by Gasteiger charge is -2.35. The van der Waals surface area contributed by atoms with E-state index >= 15 is 0 Å². The molecule has 3 aromatic carbocycles. The molecule has 0 aliphatic carbocycles. The van der Waals surface area contributed by atoms with Crippen LogP contribution in [0, 0.1) is 12.8 Å². The highest BCUT2D eigenvalue weighted by Crippen LogP contribution is 2.28. The normalized spacial score (nSPS) is 17.5. The monoisotopic (exact) mass is 521 g/mol. The Bertz CT molecular complexity index is 1380. The van der Waals surface area contributed by atoms with Crippen LogP contribution in [0.15, 0.2) is 78.9 Å². The predicted octanol–water partition coefficient (Wildman–Crippen LogP) is 5.39. The Morgan fingerprint density at radius 2 is 1.46 bits per heavy atom. The van der Waals surface area contributed by atoms with Crippen molar-refractivity contribution in [2.45, 2.75) is 51.7 Å². The largest absolute Gasteiger partial charge is 0.353 e. The molecule has 202 valence electrons. The van der Waals surface area contributed by atoms with E-state index in [0.717, 1.165) is 81.9 Å². The molecule has 6 nitrogen and oxygen atoms in total. The highest BCUT2D eigenvalue weighted by atomic mass is 16.2. The van der Waals surface area contributed by atoms with Crippen molar-refractivity contribution in [3.8, 4) is 0 Å². The Balaban J connectivity index is 1.05. The van der Waals surface area contributed by atoms with Crippen molar-refractivity contribution in [2.75, 3.05) is 31.1 Å². The van der Waals surface area contributed by atoms with Gasteiger partial charge in [0.1, 0.15) is 0 Å². The minimum Gasteiger partial charge on any atom is -0.353 e. The quantitative estimate of drug-likeness (QED) is 0.354. The summed E-state index contributed by atoms with van der Waals surface area (Å²) in [4.78, 5) is 23.1. The summed E-state index contributed by atoms with van der Waals surface area (Å²) < 4.78 is 2.34. The third-order valence-electron chi connectivity index (χ3n) is 8.43. The first kappa shape index (κ1) is 25.6. The third-order valence-corrected chi connectivity index (χ3v) is 8.43. The highest BCUT2D eigenvalue weighted by molar-refractivity contribution is 5.80. The van der Waals surface area contributed by atoms with Gasteiger partial charge in [0.2, 0.25) is 11.9 Å². The molecule has 4 aromatic rings. The molecule has 0 spiro atoms. The number of hydrogen-bond donors (Lipinski definition) is 1. The number of rotatable bonds is 7. The lowest BCUT2D eigenvalue weighted by molar-refractivity contribution is -0.126. The Morgan fingerprint density at radius 3 is 2.21 bits per heavy atom. The van der Waals surface area contributed by atoms with E-state index in [1.807, 2.05) is 0 Å². The minimum absolute atomic E-state index is 0.0820. The minimum atomic E-state index is 0.0820. The number of imidazole rings is 1. The van der Waals surface area contributed by atoms with Gasteiger partial charge in [-0.05, 0) is 55.9 Å². The molecule has 1 aromatic heterocycles. The van der Waals surface area contributed by atoms with Crippen molar-refractivity contribution in [1.29, 1.82) is 0 Å². The Kier molecular flexibility index (Phi) is 7.64. The van der Waals surface area contributed by atoms with Crippen LogP contribution < -0.4 is 10.2 Å². The van der Waals surface area contributed by atoms with E-state index in [4.69, 9.17) is 4.98 Å². The average Bonchev–Trinajstić information content (AvgIpc) is 3.34. The highest BCUT2D eigenvalue weighted by Gasteiger charge is 2.30. The van der Waals surface area contributed by atoms with Gasteiger partial charge in [-0.25, -0.2) is 4.98 Å². The van der Waals surface area contributed by atoms with Crippen molar-refractivity contribution < 1.29 is 4.79 Å². The van der Waals surface area contributed by atoms with E-state index in [1.54, 1.807) is 0 Å². The maximum absolute atomic E-state index is 13.2. The number of aromatic nitrogens is 2. The molecular formula is C33H39N5O. The summed E-state index contributed by atoms with van der Waals surface area (Å²) in [6.45, 7) is 7.69. The summed E-state index contributed by atoms with van der Waals surface area (Å²) >= 11 is 0. The van der Waals surface area contributed by atoms with Gasteiger partial charge in [-0.15, -0.1) is 0 Å². The zero-order valence-corrected chi connectivity index (χ0v) is 22.9. The number of hydrogen-bond acceptors (Lipinski definition) is 4. The number of nitrogens with one attached hydrogen (secondary N) is 1. The van der Waals surface area contributed by atoms with Crippen LogP contribution in [0.2, 0.25) is 0 Å². The van der Waals surface area contributed by atoms with Gasteiger partial charge in [-0.3, -0.25) is 9.69 Å². The lowest BCUT2D eigenvalue weighted by atomic mass is 9.94. The predicted molar refractivity (Wildman–Crippen MR) is 158 cm³/mol. The van der Waals surface area contributed by atoms with Crippen molar-refractivity contribution in [2.24, 2.45) is 5.92 Å². The van der Waals surface area contributed by atoms with Crippen molar-refractivity contribution in [3.63, 3.8) is 0 Å². The molecular weight excluding hydrogens is 482 g/mol. The average molecular weight is 522 g/mol. The smallest absolute Gasteiger partial charge is 0.223 e. The fourth-order valence-corrected chi connectivity index (χ4v) is 6.07. The van der Waals surface area contributed by atoms with Gasteiger partial charge in [-0.2, -0.15) is 0 Å². The molecule has 2 aliphatic heterocycles. The number of anilines is 1. The Labute approximate surface area is 231 Å². The number of nitrogens with zero attached hydrogens (tertiary/aromatic N) is 4. The van der Waals surface area contributed by atoms with Gasteiger partial charge in [0.05, 0.1) is 17.6 Å². The van der Waals surface area contributed by atoms with Crippen LogP contribution in [-0.4, -0.2) is 52.6 Å². The number of benzene rings is 3. The van der Waals surface area contributed by atoms with E-state index < -0.39 is 0 Å². The third kappa shape index (κ3) is 6.01. The van der Waals surface area contributed by atoms with Crippen LogP contribution in [0.5, 0.6) is 0 Å². The first-order chi connectivity index (χ1) is 19.1. The SMILES string of the molecule is Cc1ccc(Cn2c(N3CCC(C(=O)NC4CCN(Cc5ccccc5)CC4)CC3)nc3ccccc32)cc1. The molecule has 0 atom stereocenters. The summed E-state index contributed by atoms with van der Waals surface area (Å²) in [7, 11) is 0. The van der Waals surface area contributed by atoms with Gasteiger partial charge in [-0.1, -0.05) is 72.3 Å². The number of amides is 1. The topological polar surface area (TPSA) is 53.4 Å². The van der Waals surface area contributed by atoms with Gasteiger partial charge >= 0.3 is 0 Å². The molecule has 39 heavy (non-hydrogen) atoms. The van der Waals surface area contributed by atoms with E-state index in [-0.39, 0.29) is 11.8 Å². The standard InChI is InChI=1S/C33H39N5O/c1-25-11-13-27(14-12-25)24-38-31-10-6-5-9-30(31)35-33(38)37-21-15-28(16-22-37)32(39)34-29-17-19-36(20-18-29)23-26-7-3-2-4-8-26/h2-14,28-29H,15-24H2,1H3,(H,34,39). The Morgan fingerprint density at radius 1 is 0.795 bits per heavy atom. The molecule has 1 N–H and O–H groups in total. The summed E-state index contributed by atoms with van der Waals surface area (Å²) in [5.74, 6) is 1.34. The second kappa shape index (κ2) is 11.6. The van der Waals surface area contributed by atoms with Crippen molar-refractivity contribution in [1.82, 2.24) is 19.8 Å². The number of carbonyl (C=O) groups is 1. The summed E-state index contributed by atoms with van der Waals surface area (Å²) in [5, 5.41) is 3.39. The number of fused-ring (bicyclic) bond motifs is 1. The number of piperidine rings is 2. The van der Waals surface area contributed by atoms with Crippen LogP contribution in [0.3, 0.4) is 0 Å². The number of carbonyl (C=O) groups excluding carboxylic acids is 1. The molecule has 2 saturated heterocycles. The zero-order chi connectivity index (χ0) is 26.6. The fourth-order valence-electron chi connectivity index (χ4n) is 6.07. The lowest BCUT2D eigenvalue weighted by Crippen LogP contribution is -2.48. The van der Waals surface area contributed by atoms with Crippen LogP contribution in [0.4, 0.5) is 5.95 Å². The zero-order valence-electron chi connectivity index (χ0n) is 22.9. The first-order valence-corrected chi connectivity index (χ1v) is 14.4. The van der Waals surface area contributed by atoms with Crippen LogP contribution in [0.25, 0.3) is 11.0 Å². The molecule has 0 saturated carbocycles. The number of aryl methyl sites for hydroxylation is 1. The summed E-state index contributed by atoms with van der Waals surface area (Å²) in [6.07, 6.45) is 3.79. The van der Waals surface area contributed by atoms with E-state index in [0.29, 0.717) is 6.04 Å². The van der Waals surface area contributed by atoms with Crippen LogP contribution in [0.1, 0.15) is 42.4 Å². The van der Waals surface area contributed by atoms with E-state index in [9.17, 15) is 4.79 Å². The van der Waals surface area contributed by atoms with Crippen LogP contribution >= 0.6 is 0 Å². The Hall–Kier alpha value is -3.64. The van der Waals surface area contributed by atoms with Crippen LogP contribution in [-0.2, 0) is 17.9 Å². The maximum atomic E-state index is 13.2. The van der Waals surface area contributed by atoms with Crippen molar-refractivity contribution in [3.05, 3.63) is 95.6 Å². The molecule has 0 radical (unpaired) electrons. The number of likely N-dealkylation sites (tertiary alicyclic amines) is 1. The first-order valence-electron chi connectivity index (χ1n) is 14.4. The molecule has 0 bridgehead atoms. The van der Waals surface area contributed by atoms with Crippen molar-refractivity contribution >= 4 is 22.9 Å². The van der Waals surface area contributed by atoms with Gasteiger partial charge in [0.25, 0.3) is 0 Å². The molecule has 6 rings (SSSR count). The molecule has 1 amide bonds. The molecule has 2 fully saturated rings. The van der Waals surface area contributed by atoms with Gasteiger partial charge in [0, 0.05) is 44.7 Å². The van der Waals surface area contributed by atoms with E-state index in [1.165, 1.54) is 16.7 Å². The molecule has 6 heteroatoms.